The summed E-state index contributed by atoms with van der Waals surface area (Å²) in [6.07, 6.45) is 0.121. The molecule has 0 saturated heterocycles. The third-order valence-electron chi connectivity index (χ3n) is 3.52. The van der Waals surface area contributed by atoms with Gasteiger partial charge >= 0.3 is 6.09 Å². The fourth-order valence-electron chi connectivity index (χ4n) is 2.37. The van der Waals surface area contributed by atoms with Gasteiger partial charge in [0.2, 0.25) is 5.89 Å². The molecule has 0 saturated carbocycles. The maximum Gasteiger partial charge on any atom is 0.408 e. The Kier molecular flexibility index (Phi) is 8.04. The normalized spacial score (nSPS) is 12.9. The summed E-state index contributed by atoms with van der Waals surface area (Å²) in [5.41, 5.74) is 0.220. The van der Waals surface area contributed by atoms with E-state index in [1.54, 1.807) is 18.2 Å². The zero-order chi connectivity index (χ0) is 20.9. The number of halogens is 2. The van der Waals surface area contributed by atoms with Crippen molar-refractivity contribution < 1.29 is 13.9 Å². The van der Waals surface area contributed by atoms with Gasteiger partial charge in [-0.25, -0.2) is 4.79 Å². The molecule has 6 nitrogen and oxygen atoms in total. The first-order valence-electron chi connectivity index (χ1n) is 8.93. The molecule has 0 radical (unpaired) electrons. The van der Waals surface area contributed by atoms with Crippen molar-refractivity contribution in [3.8, 4) is 0 Å². The van der Waals surface area contributed by atoms with E-state index in [4.69, 9.17) is 32.4 Å². The van der Waals surface area contributed by atoms with E-state index < -0.39 is 17.7 Å². The number of alkyl carbamates (subject to hydrolysis) is 1. The van der Waals surface area contributed by atoms with E-state index in [0.29, 0.717) is 39.3 Å². The lowest BCUT2D eigenvalue weighted by molar-refractivity contribution is 0.0487. The first kappa shape index (κ1) is 22.8. The minimum atomic E-state index is -0.587. The summed E-state index contributed by atoms with van der Waals surface area (Å²) < 4.78 is 11.1. The van der Waals surface area contributed by atoms with E-state index in [0.717, 1.165) is 5.56 Å². The van der Waals surface area contributed by atoms with Crippen LogP contribution in [0, 0.1) is 5.92 Å². The zero-order valence-corrected chi connectivity index (χ0v) is 18.9. The molecule has 1 heterocycles. The number of hydrogen-bond acceptors (Lipinski definition) is 6. The highest BCUT2D eigenvalue weighted by Gasteiger charge is 2.25. The van der Waals surface area contributed by atoms with Gasteiger partial charge in [0.15, 0.2) is 0 Å². The molecule has 154 valence electrons. The topological polar surface area (TPSA) is 77.2 Å². The maximum absolute atomic E-state index is 12.2. The number of carbonyl (C=O) groups is 1. The van der Waals surface area contributed by atoms with Crippen molar-refractivity contribution in [3.63, 3.8) is 0 Å². The Morgan fingerprint density at radius 1 is 1.25 bits per heavy atom. The second-order valence-corrected chi connectivity index (χ2v) is 9.46. The van der Waals surface area contributed by atoms with Crippen molar-refractivity contribution >= 4 is 41.1 Å². The number of nitrogens with zero attached hydrogens (tertiary/aromatic N) is 2. The highest BCUT2D eigenvalue weighted by Crippen LogP contribution is 2.32. The molecule has 1 N–H and O–H groups in total. The van der Waals surface area contributed by atoms with Crippen molar-refractivity contribution in [1.82, 2.24) is 15.5 Å². The van der Waals surface area contributed by atoms with Crippen LogP contribution in [-0.4, -0.2) is 21.9 Å². The number of benzene rings is 1. The number of aromatic nitrogens is 2. The summed E-state index contributed by atoms with van der Waals surface area (Å²) in [6, 6.07) is 4.93. The zero-order valence-electron chi connectivity index (χ0n) is 16.6. The number of nitrogens with one attached hydrogen (secondary N) is 1. The van der Waals surface area contributed by atoms with Gasteiger partial charge in [0.1, 0.15) is 11.6 Å². The van der Waals surface area contributed by atoms with Gasteiger partial charge in [-0.15, -0.1) is 10.2 Å². The molecule has 2 rings (SSSR count). The highest BCUT2D eigenvalue weighted by molar-refractivity contribution is 7.98. The Morgan fingerprint density at radius 3 is 2.46 bits per heavy atom. The summed E-state index contributed by atoms with van der Waals surface area (Å²) in [5.74, 6) is 1.14. The SMILES string of the molecule is CC(C)C[C@H](NC(=O)OC(C)(C)C)c1nnc(SCc2c(Cl)cccc2Cl)o1. The molecule has 9 heteroatoms. The van der Waals surface area contributed by atoms with Crippen molar-refractivity contribution in [1.29, 1.82) is 0 Å². The molecule has 1 aromatic carbocycles. The average Bonchev–Trinajstić information content (AvgIpc) is 3.00. The lowest BCUT2D eigenvalue weighted by Crippen LogP contribution is -2.35. The van der Waals surface area contributed by atoms with Gasteiger partial charge < -0.3 is 14.5 Å². The van der Waals surface area contributed by atoms with Crippen LogP contribution in [0.4, 0.5) is 4.79 Å². The standard InChI is InChI=1S/C19H25Cl2N3O3S/c1-11(2)9-15(22-17(25)27-19(3,4)5)16-23-24-18(26-16)28-10-12-13(20)7-6-8-14(12)21/h6-8,11,15H,9-10H2,1-5H3,(H,22,25)/t15-/m0/s1. The lowest BCUT2D eigenvalue weighted by Gasteiger charge is -2.22. The Morgan fingerprint density at radius 2 is 1.89 bits per heavy atom. The van der Waals surface area contributed by atoms with Gasteiger partial charge in [-0.05, 0) is 50.8 Å². The number of hydrogen-bond donors (Lipinski definition) is 1. The average molecular weight is 446 g/mol. The minimum Gasteiger partial charge on any atom is -0.444 e. The second kappa shape index (κ2) is 9.85. The number of thioether (sulfide) groups is 1. The van der Waals surface area contributed by atoms with Crippen LogP contribution in [0.15, 0.2) is 27.8 Å². The molecular weight excluding hydrogens is 421 g/mol. The van der Waals surface area contributed by atoms with E-state index in [1.807, 2.05) is 20.8 Å². The number of rotatable bonds is 7. The molecule has 2 aromatic rings. The van der Waals surface area contributed by atoms with Gasteiger partial charge in [-0.2, -0.15) is 0 Å². The molecule has 1 aromatic heterocycles. The molecule has 0 aliphatic carbocycles. The van der Waals surface area contributed by atoms with Crippen molar-refractivity contribution in [3.05, 3.63) is 39.7 Å². The smallest absolute Gasteiger partial charge is 0.408 e. The van der Waals surface area contributed by atoms with Crippen LogP contribution in [-0.2, 0) is 10.5 Å². The van der Waals surface area contributed by atoms with Crippen LogP contribution in [0.2, 0.25) is 10.0 Å². The van der Waals surface area contributed by atoms with Crippen LogP contribution < -0.4 is 5.32 Å². The quantitative estimate of drug-likeness (QED) is 0.505. The Bertz CT molecular complexity index is 786. The number of ether oxygens (including phenoxy) is 1. The number of carbonyl (C=O) groups excluding carboxylic acids is 1. The van der Waals surface area contributed by atoms with E-state index in [1.165, 1.54) is 11.8 Å². The van der Waals surface area contributed by atoms with Gasteiger partial charge in [0.25, 0.3) is 5.22 Å². The molecule has 28 heavy (non-hydrogen) atoms. The summed E-state index contributed by atoms with van der Waals surface area (Å²) in [4.78, 5) is 12.2. The summed E-state index contributed by atoms with van der Waals surface area (Å²) in [5, 5.41) is 12.5. The molecule has 0 spiro atoms. The van der Waals surface area contributed by atoms with Gasteiger partial charge in [0.05, 0.1) is 0 Å². The molecule has 1 atom stereocenters. The van der Waals surface area contributed by atoms with Crippen LogP contribution >= 0.6 is 35.0 Å². The Labute approximate surface area is 179 Å². The van der Waals surface area contributed by atoms with Gasteiger partial charge in [-0.3, -0.25) is 0 Å². The third kappa shape index (κ3) is 7.18. The van der Waals surface area contributed by atoms with E-state index in [-0.39, 0.29) is 0 Å². The lowest BCUT2D eigenvalue weighted by atomic mass is 10.0. The van der Waals surface area contributed by atoms with Crippen molar-refractivity contribution in [2.75, 3.05) is 0 Å². The minimum absolute atomic E-state index is 0.310. The molecule has 0 aliphatic heterocycles. The Balaban J connectivity index is 2.07. The van der Waals surface area contributed by atoms with Crippen LogP contribution in [0.1, 0.15) is 58.5 Å². The molecule has 0 bridgehead atoms. The second-order valence-electron chi connectivity index (χ2n) is 7.72. The van der Waals surface area contributed by atoms with Crippen molar-refractivity contribution in [2.24, 2.45) is 5.92 Å². The van der Waals surface area contributed by atoms with Crippen molar-refractivity contribution in [2.45, 2.75) is 63.7 Å². The van der Waals surface area contributed by atoms with E-state index >= 15 is 0 Å². The number of amides is 1. The van der Waals surface area contributed by atoms with E-state index in [2.05, 4.69) is 29.4 Å². The van der Waals surface area contributed by atoms with Gasteiger partial charge in [-0.1, -0.05) is 54.9 Å². The Hall–Kier alpha value is -1.44. The monoisotopic (exact) mass is 445 g/mol. The van der Waals surface area contributed by atoms with Crippen LogP contribution in [0.3, 0.4) is 0 Å². The first-order valence-corrected chi connectivity index (χ1v) is 10.7. The molecule has 0 fully saturated rings. The highest BCUT2D eigenvalue weighted by atomic mass is 35.5. The van der Waals surface area contributed by atoms with Crippen LogP contribution in [0.25, 0.3) is 0 Å². The maximum atomic E-state index is 12.2. The fourth-order valence-corrected chi connectivity index (χ4v) is 3.88. The summed E-state index contributed by atoms with van der Waals surface area (Å²) >= 11 is 13.7. The van der Waals surface area contributed by atoms with E-state index in [9.17, 15) is 4.79 Å². The summed E-state index contributed by atoms with van der Waals surface area (Å²) in [6.45, 7) is 9.53. The molecule has 1 amide bonds. The third-order valence-corrected chi connectivity index (χ3v) is 5.07. The largest absolute Gasteiger partial charge is 0.444 e. The summed E-state index contributed by atoms with van der Waals surface area (Å²) in [7, 11) is 0. The molecular formula is C19H25Cl2N3O3S. The molecule has 0 unspecified atom stereocenters. The van der Waals surface area contributed by atoms with Gasteiger partial charge in [0, 0.05) is 15.8 Å². The van der Waals surface area contributed by atoms with Crippen LogP contribution in [0.5, 0.6) is 0 Å². The fraction of sp³-hybridized carbons (Fsp3) is 0.526. The predicted octanol–water partition coefficient (Wildman–Crippen LogP) is 6.28. The first-order chi connectivity index (χ1) is 13.0. The predicted molar refractivity (Wildman–Crippen MR) is 112 cm³/mol. The molecule has 0 aliphatic rings.